The summed E-state index contributed by atoms with van der Waals surface area (Å²) >= 11 is 5.99. The summed E-state index contributed by atoms with van der Waals surface area (Å²) in [7, 11) is 0. The van der Waals surface area contributed by atoms with Gasteiger partial charge in [-0.05, 0) is 61.7 Å². The molecule has 1 fully saturated rings. The molecule has 0 aliphatic carbocycles. The monoisotopic (exact) mass is 397 g/mol. The lowest BCUT2D eigenvalue weighted by Gasteiger charge is -2.36. The van der Waals surface area contributed by atoms with Crippen molar-refractivity contribution in [1.82, 2.24) is 4.90 Å². The number of rotatable bonds is 6. The maximum Gasteiger partial charge on any atom is 0.235 e. The topological polar surface area (TPSA) is 35.6 Å². The van der Waals surface area contributed by atoms with Gasteiger partial charge in [-0.1, -0.05) is 36.7 Å². The van der Waals surface area contributed by atoms with Crippen LogP contribution in [0.5, 0.6) is 0 Å². The number of nitrogens with zero attached hydrogens (tertiary/aromatic N) is 2. The fourth-order valence-corrected chi connectivity index (χ4v) is 4.76. The van der Waals surface area contributed by atoms with Gasteiger partial charge in [0.1, 0.15) is 0 Å². The molecule has 1 N–H and O–H groups in total. The highest BCUT2D eigenvalue weighted by Crippen LogP contribution is 2.43. The number of amides is 1. The molecule has 0 radical (unpaired) electrons. The van der Waals surface area contributed by atoms with Crippen LogP contribution >= 0.6 is 11.6 Å². The van der Waals surface area contributed by atoms with E-state index < -0.39 is 0 Å². The largest absolute Gasteiger partial charge is 0.369 e. The molecule has 2 aromatic rings. The van der Waals surface area contributed by atoms with E-state index in [-0.39, 0.29) is 11.3 Å². The maximum absolute atomic E-state index is 12.7. The van der Waals surface area contributed by atoms with Crippen molar-refractivity contribution in [3.05, 3.63) is 59.1 Å². The second kappa shape index (κ2) is 8.14. The van der Waals surface area contributed by atoms with Gasteiger partial charge >= 0.3 is 0 Å². The molecule has 2 heterocycles. The molecule has 1 atom stereocenters. The van der Waals surface area contributed by atoms with Crippen LogP contribution in [0.3, 0.4) is 0 Å². The molecule has 0 saturated carbocycles. The summed E-state index contributed by atoms with van der Waals surface area (Å²) in [6.45, 7) is 7.36. The number of fused-ring (bicyclic) bond motifs is 1. The number of anilines is 2. The van der Waals surface area contributed by atoms with Crippen molar-refractivity contribution in [2.75, 3.05) is 42.9 Å². The fourth-order valence-electron chi connectivity index (χ4n) is 4.64. The first-order chi connectivity index (χ1) is 13.6. The highest BCUT2D eigenvalue weighted by atomic mass is 35.5. The molecular weight excluding hydrogens is 370 g/mol. The van der Waals surface area contributed by atoms with E-state index >= 15 is 0 Å². The summed E-state index contributed by atoms with van der Waals surface area (Å²) in [5.74, 6) is 0.170. The summed E-state index contributed by atoms with van der Waals surface area (Å²) in [5.41, 5.74) is 3.05. The van der Waals surface area contributed by atoms with Gasteiger partial charge < -0.3 is 10.2 Å². The van der Waals surface area contributed by atoms with Crippen LogP contribution in [0, 0.1) is 0 Å². The first-order valence-corrected chi connectivity index (χ1v) is 10.6. The molecule has 0 spiro atoms. The van der Waals surface area contributed by atoms with Crippen molar-refractivity contribution in [3.8, 4) is 0 Å². The van der Waals surface area contributed by atoms with Crippen molar-refractivity contribution in [1.29, 1.82) is 0 Å². The van der Waals surface area contributed by atoms with Gasteiger partial charge in [0.2, 0.25) is 5.91 Å². The zero-order valence-electron chi connectivity index (χ0n) is 16.5. The molecule has 4 nitrogen and oxygen atoms in total. The highest BCUT2D eigenvalue weighted by molar-refractivity contribution is 6.30. The molecule has 0 aromatic heterocycles. The Morgan fingerprint density at radius 2 is 1.75 bits per heavy atom. The lowest BCUT2D eigenvalue weighted by molar-refractivity contribution is -0.121. The Labute approximate surface area is 172 Å². The van der Waals surface area contributed by atoms with E-state index in [9.17, 15) is 4.79 Å². The number of hydrogen-bond donors (Lipinski definition) is 1. The van der Waals surface area contributed by atoms with Crippen molar-refractivity contribution < 1.29 is 4.79 Å². The molecule has 148 valence electrons. The Morgan fingerprint density at radius 3 is 2.46 bits per heavy atom. The molecule has 4 rings (SSSR count). The van der Waals surface area contributed by atoms with Crippen LogP contribution in [-0.2, 0) is 10.2 Å². The normalized spacial score (nSPS) is 22.2. The van der Waals surface area contributed by atoms with E-state index in [1.807, 2.05) is 30.3 Å². The Hall–Kier alpha value is -2.04. The minimum atomic E-state index is -0.359. The zero-order valence-corrected chi connectivity index (χ0v) is 17.2. The molecule has 5 heteroatoms. The van der Waals surface area contributed by atoms with Gasteiger partial charge in [0, 0.05) is 42.6 Å². The average molecular weight is 398 g/mol. The second-order valence-electron chi connectivity index (χ2n) is 7.84. The van der Waals surface area contributed by atoms with Crippen molar-refractivity contribution in [2.45, 2.75) is 31.6 Å². The number of benzene rings is 2. The molecular formula is C23H28ClN3O. The third-order valence-electron chi connectivity index (χ3n) is 6.37. The average Bonchev–Trinajstić information content (AvgIpc) is 3.01. The lowest BCUT2D eigenvalue weighted by Crippen LogP contribution is -2.47. The first kappa shape index (κ1) is 19.3. The Bertz CT molecular complexity index is 830. The number of carbonyl (C=O) groups excluding carboxylic acids is 1. The smallest absolute Gasteiger partial charge is 0.235 e. The Morgan fingerprint density at radius 1 is 1.04 bits per heavy atom. The Balaban J connectivity index is 1.31. The van der Waals surface area contributed by atoms with Crippen LogP contribution in [0.1, 0.15) is 31.7 Å². The van der Waals surface area contributed by atoms with Crippen molar-refractivity contribution in [3.63, 3.8) is 0 Å². The predicted molar refractivity (Wildman–Crippen MR) is 116 cm³/mol. The van der Waals surface area contributed by atoms with E-state index in [2.05, 4.69) is 40.2 Å². The zero-order chi connectivity index (χ0) is 19.6. The van der Waals surface area contributed by atoms with Gasteiger partial charge in [0.25, 0.3) is 0 Å². The van der Waals surface area contributed by atoms with Crippen LogP contribution in [0.25, 0.3) is 0 Å². The minimum absolute atomic E-state index is 0.170. The third-order valence-corrected chi connectivity index (χ3v) is 6.62. The molecule has 0 bridgehead atoms. The quantitative estimate of drug-likeness (QED) is 0.777. The standard InChI is InChI=1S/C23H28ClN3O/c1-2-23(20-6-3-4-7-21(20)25-22(23)28)12-5-13-26-14-16-27(17-15-26)19-10-8-18(24)9-11-19/h3-4,6-11H,2,5,12-17H2,1H3,(H,25,28). The van der Waals surface area contributed by atoms with Gasteiger partial charge in [-0.15, -0.1) is 0 Å². The Kier molecular flexibility index (Phi) is 5.61. The SMILES string of the molecule is CCC1(CCCN2CCN(c3ccc(Cl)cc3)CC2)C(=O)Nc2ccccc21. The summed E-state index contributed by atoms with van der Waals surface area (Å²) in [6, 6.07) is 16.3. The number of para-hydroxylation sites is 1. The molecule has 28 heavy (non-hydrogen) atoms. The van der Waals surface area contributed by atoms with E-state index in [1.165, 1.54) is 11.3 Å². The van der Waals surface area contributed by atoms with Crippen LogP contribution < -0.4 is 10.2 Å². The van der Waals surface area contributed by atoms with Gasteiger partial charge in [0.05, 0.1) is 5.41 Å². The molecule has 2 aliphatic rings. The van der Waals surface area contributed by atoms with Crippen LogP contribution in [0.2, 0.25) is 5.02 Å². The summed E-state index contributed by atoms with van der Waals surface area (Å²) < 4.78 is 0. The van der Waals surface area contributed by atoms with Gasteiger partial charge in [-0.25, -0.2) is 0 Å². The van der Waals surface area contributed by atoms with E-state index in [0.29, 0.717) is 0 Å². The van der Waals surface area contributed by atoms with Crippen molar-refractivity contribution >= 4 is 28.9 Å². The van der Waals surface area contributed by atoms with Crippen LogP contribution in [0.4, 0.5) is 11.4 Å². The van der Waals surface area contributed by atoms with Crippen LogP contribution in [0.15, 0.2) is 48.5 Å². The minimum Gasteiger partial charge on any atom is -0.369 e. The highest BCUT2D eigenvalue weighted by Gasteiger charge is 2.44. The second-order valence-corrected chi connectivity index (χ2v) is 8.28. The van der Waals surface area contributed by atoms with E-state index in [1.54, 1.807) is 0 Å². The first-order valence-electron chi connectivity index (χ1n) is 10.3. The molecule has 1 saturated heterocycles. The van der Waals surface area contributed by atoms with Gasteiger partial charge in [-0.2, -0.15) is 0 Å². The molecule has 2 aliphatic heterocycles. The van der Waals surface area contributed by atoms with Gasteiger partial charge in [-0.3, -0.25) is 9.69 Å². The fraction of sp³-hybridized carbons (Fsp3) is 0.435. The summed E-state index contributed by atoms with van der Waals surface area (Å²) in [5, 5.41) is 3.87. The van der Waals surface area contributed by atoms with Crippen LogP contribution in [-0.4, -0.2) is 43.5 Å². The molecule has 1 unspecified atom stereocenters. The number of piperazine rings is 1. The lowest BCUT2D eigenvalue weighted by atomic mass is 9.75. The molecule has 2 aromatic carbocycles. The number of hydrogen-bond acceptors (Lipinski definition) is 3. The maximum atomic E-state index is 12.7. The van der Waals surface area contributed by atoms with E-state index in [4.69, 9.17) is 11.6 Å². The summed E-state index contributed by atoms with van der Waals surface area (Å²) in [4.78, 5) is 17.7. The summed E-state index contributed by atoms with van der Waals surface area (Å²) in [6.07, 6.45) is 2.79. The van der Waals surface area contributed by atoms with Crippen molar-refractivity contribution in [2.24, 2.45) is 0 Å². The molecule has 1 amide bonds. The number of carbonyl (C=O) groups is 1. The van der Waals surface area contributed by atoms with E-state index in [0.717, 1.165) is 62.7 Å². The van der Waals surface area contributed by atoms with Gasteiger partial charge in [0.15, 0.2) is 0 Å². The predicted octanol–water partition coefficient (Wildman–Crippen LogP) is 4.54. The third kappa shape index (κ3) is 3.63. The number of halogens is 1. The number of nitrogens with one attached hydrogen (secondary N) is 1.